The van der Waals surface area contributed by atoms with Crippen LogP contribution in [-0.4, -0.2) is 5.11 Å². The number of aliphatic hydroxyl groups is 1. The van der Waals surface area contributed by atoms with Crippen LogP contribution in [0.1, 0.15) is 25.0 Å². The fourth-order valence-corrected chi connectivity index (χ4v) is 1.04. The van der Waals surface area contributed by atoms with Gasteiger partial charge in [0.2, 0.25) is 0 Å². The number of rotatable bonds is 2. The van der Waals surface area contributed by atoms with Crippen LogP contribution in [0.5, 0.6) is 0 Å². The van der Waals surface area contributed by atoms with Gasteiger partial charge in [-0.1, -0.05) is 31.2 Å². The molecule has 2 nitrogen and oxygen atoms in total. The van der Waals surface area contributed by atoms with Gasteiger partial charge >= 0.3 is 0 Å². The summed E-state index contributed by atoms with van der Waals surface area (Å²) in [7, 11) is 0. The minimum Gasteiger partial charge on any atom is -0.388 e. The molecule has 0 saturated carbocycles. The molecule has 0 spiro atoms. The molecule has 2 heteroatoms. The van der Waals surface area contributed by atoms with Crippen molar-refractivity contribution >= 4 is 0 Å². The Balaban J connectivity index is 3.17. The van der Waals surface area contributed by atoms with E-state index in [1.54, 1.807) is 24.3 Å². The molecule has 0 amide bonds. The third-order valence-corrected chi connectivity index (χ3v) is 1.78. The second-order valence-electron chi connectivity index (χ2n) is 2.65. The quantitative estimate of drug-likeness (QED) is 0.719. The first kappa shape index (κ1) is 8.94. The minimum absolute atomic E-state index is 0.102. The Kier molecular flexibility index (Phi) is 3.00. The van der Waals surface area contributed by atoms with Crippen molar-refractivity contribution in [3.63, 3.8) is 0 Å². The second kappa shape index (κ2) is 4.02. The van der Waals surface area contributed by atoms with Crippen molar-refractivity contribution in [2.45, 2.75) is 19.4 Å². The average molecular weight is 164 g/mol. The van der Waals surface area contributed by atoms with E-state index >= 15 is 0 Å². The lowest BCUT2D eigenvalue weighted by molar-refractivity contribution is 0.173. The smallest absolute Gasteiger partial charge is 0.184 e. The third-order valence-electron chi connectivity index (χ3n) is 1.78. The van der Waals surface area contributed by atoms with E-state index in [2.05, 4.69) is 0 Å². The SMILES string of the molecule is CCC(O)c1cccccc1=O. The topological polar surface area (TPSA) is 37.3 Å². The Hall–Kier alpha value is -1.15. The normalized spacial score (nSPS) is 12.5. The number of hydrogen-bond acceptors (Lipinski definition) is 2. The van der Waals surface area contributed by atoms with Gasteiger partial charge in [0.1, 0.15) is 0 Å². The van der Waals surface area contributed by atoms with Gasteiger partial charge in [0.15, 0.2) is 5.43 Å². The summed E-state index contributed by atoms with van der Waals surface area (Å²) in [6, 6.07) is 8.34. The maximum Gasteiger partial charge on any atom is 0.184 e. The summed E-state index contributed by atoms with van der Waals surface area (Å²) in [6.07, 6.45) is -0.0656. The first-order valence-electron chi connectivity index (χ1n) is 4.03. The van der Waals surface area contributed by atoms with E-state index in [4.69, 9.17) is 0 Å². The van der Waals surface area contributed by atoms with Crippen molar-refractivity contribution in [2.75, 3.05) is 0 Å². The Morgan fingerprint density at radius 2 is 2.00 bits per heavy atom. The van der Waals surface area contributed by atoms with Crippen LogP contribution in [0.15, 0.2) is 35.1 Å². The highest BCUT2D eigenvalue weighted by atomic mass is 16.3. The molecule has 12 heavy (non-hydrogen) atoms. The van der Waals surface area contributed by atoms with Crippen LogP contribution in [0.2, 0.25) is 0 Å². The van der Waals surface area contributed by atoms with Gasteiger partial charge in [-0.05, 0) is 12.5 Å². The Morgan fingerprint density at radius 3 is 2.67 bits per heavy atom. The van der Waals surface area contributed by atoms with E-state index in [9.17, 15) is 9.90 Å². The summed E-state index contributed by atoms with van der Waals surface area (Å²) in [6.45, 7) is 1.84. The standard InChI is InChI=1S/C10H12O2/c1-2-9(11)8-6-4-3-5-7-10(8)12/h3-7,9,11H,2H2,1H3. The molecule has 0 aromatic heterocycles. The molecule has 0 aliphatic rings. The van der Waals surface area contributed by atoms with Gasteiger partial charge in [-0.25, -0.2) is 0 Å². The van der Waals surface area contributed by atoms with Crippen LogP contribution in [0.4, 0.5) is 0 Å². The molecule has 0 aliphatic heterocycles. The minimum atomic E-state index is -0.634. The van der Waals surface area contributed by atoms with Crippen molar-refractivity contribution in [1.82, 2.24) is 0 Å². The molecule has 64 valence electrons. The van der Waals surface area contributed by atoms with Crippen LogP contribution in [-0.2, 0) is 0 Å². The van der Waals surface area contributed by atoms with E-state index in [0.29, 0.717) is 12.0 Å². The Bertz CT molecular complexity index is 307. The first-order chi connectivity index (χ1) is 5.75. The van der Waals surface area contributed by atoms with Crippen molar-refractivity contribution in [1.29, 1.82) is 0 Å². The lowest BCUT2D eigenvalue weighted by atomic mass is 10.1. The van der Waals surface area contributed by atoms with Crippen LogP contribution in [0.25, 0.3) is 0 Å². The molecule has 0 heterocycles. The number of hydrogen-bond donors (Lipinski definition) is 1. The summed E-state index contributed by atoms with van der Waals surface area (Å²) < 4.78 is 0. The predicted octanol–water partition coefficient (Wildman–Crippen LogP) is 1.49. The third kappa shape index (κ3) is 1.92. The fourth-order valence-electron chi connectivity index (χ4n) is 1.04. The molecule has 0 bridgehead atoms. The fraction of sp³-hybridized carbons (Fsp3) is 0.300. The van der Waals surface area contributed by atoms with Gasteiger partial charge in [0, 0.05) is 5.56 Å². The van der Waals surface area contributed by atoms with Crippen molar-refractivity contribution in [2.24, 2.45) is 0 Å². The van der Waals surface area contributed by atoms with Crippen molar-refractivity contribution < 1.29 is 5.11 Å². The molecule has 0 saturated heterocycles. The zero-order valence-electron chi connectivity index (χ0n) is 7.03. The van der Waals surface area contributed by atoms with Gasteiger partial charge in [-0.15, -0.1) is 0 Å². The molecule has 1 aromatic carbocycles. The van der Waals surface area contributed by atoms with Crippen molar-refractivity contribution in [3.05, 3.63) is 46.1 Å². The Morgan fingerprint density at radius 1 is 1.33 bits per heavy atom. The molecule has 0 fully saturated rings. The highest BCUT2D eigenvalue weighted by Gasteiger charge is 2.05. The molecule has 1 unspecified atom stereocenters. The van der Waals surface area contributed by atoms with Gasteiger partial charge in [-0.3, -0.25) is 4.79 Å². The zero-order valence-corrected chi connectivity index (χ0v) is 7.03. The summed E-state index contributed by atoms with van der Waals surface area (Å²) in [5, 5.41) is 9.42. The number of aliphatic hydroxyl groups excluding tert-OH is 1. The molecule has 1 aromatic rings. The highest BCUT2D eigenvalue weighted by Crippen LogP contribution is 2.09. The first-order valence-corrected chi connectivity index (χ1v) is 4.03. The molecular weight excluding hydrogens is 152 g/mol. The van der Waals surface area contributed by atoms with Gasteiger partial charge in [0.25, 0.3) is 0 Å². The van der Waals surface area contributed by atoms with E-state index in [1.807, 2.05) is 6.92 Å². The monoisotopic (exact) mass is 164 g/mol. The zero-order chi connectivity index (χ0) is 8.97. The highest BCUT2D eigenvalue weighted by molar-refractivity contribution is 5.16. The lowest BCUT2D eigenvalue weighted by Gasteiger charge is -2.03. The Labute approximate surface area is 71.5 Å². The van der Waals surface area contributed by atoms with E-state index in [0.717, 1.165) is 0 Å². The van der Waals surface area contributed by atoms with Crippen LogP contribution in [0, 0.1) is 0 Å². The molecular formula is C10H12O2. The largest absolute Gasteiger partial charge is 0.388 e. The van der Waals surface area contributed by atoms with E-state index in [-0.39, 0.29) is 5.43 Å². The summed E-state index contributed by atoms with van der Waals surface area (Å²) in [4.78, 5) is 11.3. The summed E-state index contributed by atoms with van der Waals surface area (Å²) in [5.74, 6) is 0. The molecule has 1 N–H and O–H groups in total. The maximum atomic E-state index is 11.3. The molecule has 1 atom stereocenters. The van der Waals surface area contributed by atoms with Gasteiger partial charge in [-0.2, -0.15) is 0 Å². The summed E-state index contributed by atoms with van der Waals surface area (Å²) >= 11 is 0. The van der Waals surface area contributed by atoms with Crippen LogP contribution >= 0.6 is 0 Å². The van der Waals surface area contributed by atoms with Crippen LogP contribution in [0.3, 0.4) is 0 Å². The molecule has 0 aliphatic carbocycles. The second-order valence-corrected chi connectivity index (χ2v) is 2.65. The van der Waals surface area contributed by atoms with E-state index < -0.39 is 6.10 Å². The van der Waals surface area contributed by atoms with Gasteiger partial charge in [0.05, 0.1) is 6.10 Å². The van der Waals surface area contributed by atoms with Crippen LogP contribution < -0.4 is 5.43 Å². The van der Waals surface area contributed by atoms with Crippen molar-refractivity contribution in [3.8, 4) is 0 Å². The average Bonchev–Trinajstić information content (AvgIpc) is 2.28. The molecule has 1 rings (SSSR count). The lowest BCUT2D eigenvalue weighted by Crippen LogP contribution is -2.08. The van der Waals surface area contributed by atoms with E-state index in [1.165, 1.54) is 6.07 Å². The summed E-state index contributed by atoms with van der Waals surface area (Å²) in [5.41, 5.74) is 0.372. The predicted molar refractivity (Wildman–Crippen MR) is 48.0 cm³/mol. The van der Waals surface area contributed by atoms with Gasteiger partial charge < -0.3 is 5.11 Å². The maximum absolute atomic E-state index is 11.3. The molecule has 0 radical (unpaired) electrons.